The van der Waals surface area contributed by atoms with Crippen LogP contribution >= 0.6 is 0 Å². The number of methoxy groups -OCH3 is 1. The summed E-state index contributed by atoms with van der Waals surface area (Å²) < 4.78 is 10.7. The Hall–Kier alpha value is -0.613. The molecule has 0 aliphatic rings. The molecule has 0 atom stereocenters. The number of hydrogen-bond acceptors (Lipinski definition) is 3. The van der Waals surface area contributed by atoms with Crippen molar-refractivity contribution in [1.29, 1.82) is 0 Å². The van der Waals surface area contributed by atoms with Crippen molar-refractivity contribution in [3.63, 3.8) is 0 Å². The lowest BCUT2D eigenvalue weighted by Gasteiger charge is -2.35. The summed E-state index contributed by atoms with van der Waals surface area (Å²) in [4.78, 5) is 11.0. The van der Waals surface area contributed by atoms with Gasteiger partial charge in [-0.05, 0) is 31.5 Å². The van der Waals surface area contributed by atoms with E-state index >= 15 is 0 Å². The number of ether oxygens (including phenoxy) is 1. The molecule has 0 saturated heterocycles. The van der Waals surface area contributed by atoms with E-state index in [2.05, 4.69) is 44.7 Å². The molecule has 0 bridgehead atoms. The molecule has 106 valence electrons. The van der Waals surface area contributed by atoms with Gasteiger partial charge in [-0.3, -0.25) is 4.79 Å². The van der Waals surface area contributed by atoms with Gasteiger partial charge in [0, 0.05) is 6.42 Å². The summed E-state index contributed by atoms with van der Waals surface area (Å²) in [7, 11) is -0.241. The van der Waals surface area contributed by atoms with Crippen molar-refractivity contribution < 1.29 is 14.0 Å². The Morgan fingerprint density at radius 3 is 2.22 bits per heavy atom. The van der Waals surface area contributed by atoms with Crippen molar-refractivity contribution in [2.75, 3.05) is 13.7 Å². The molecule has 0 N–H and O–H groups in total. The summed E-state index contributed by atoms with van der Waals surface area (Å²) in [6.45, 7) is 13.8. The van der Waals surface area contributed by atoms with Crippen LogP contribution in [0.15, 0.2) is 11.6 Å². The number of rotatable bonds is 6. The van der Waals surface area contributed by atoms with E-state index in [0.29, 0.717) is 13.0 Å². The number of allylic oxidation sites excluding steroid dienone is 1. The van der Waals surface area contributed by atoms with Crippen LogP contribution in [0.1, 0.15) is 40.5 Å². The molecule has 0 aromatic rings. The minimum Gasteiger partial charge on any atom is -0.469 e. The first-order chi connectivity index (χ1) is 8.10. The lowest BCUT2D eigenvalue weighted by atomic mass is 10.1. The number of hydrogen-bond donors (Lipinski definition) is 0. The van der Waals surface area contributed by atoms with Crippen molar-refractivity contribution in [2.24, 2.45) is 0 Å². The average molecular weight is 272 g/mol. The van der Waals surface area contributed by atoms with Crippen LogP contribution in [0.2, 0.25) is 18.1 Å². The summed E-state index contributed by atoms with van der Waals surface area (Å²) in [6, 6.07) is 0. The van der Waals surface area contributed by atoms with Crippen LogP contribution in [-0.2, 0) is 14.0 Å². The maximum absolute atomic E-state index is 11.0. The smallest absolute Gasteiger partial charge is 0.305 e. The molecular weight excluding hydrogens is 244 g/mol. The van der Waals surface area contributed by atoms with Gasteiger partial charge in [-0.25, -0.2) is 0 Å². The van der Waals surface area contributed by atoms with Gasteiger partial charge < -0.3 is 9.16 Å². The van der Waals surface area contributed by atoms with Gasteiger partial charge in [0.1, 0.15) is 0 Å². The highest BCUT2D eigenvalue weighted by Gasteiger charge is 2.36. The van der Waals surface area contributed by atoms with Gasteiger partial charge in [0.2, 0.25) is 0 Å². The molecule has 0 aromatic heterocycles. The predicted molar refractivity (Wildman–Crippen MR) is 78.2 cm³/mol. The fourth-order valence-electron chi connectivity index (χ4n) is 1.11. The van der Waals surface area contributed by atoms with Gasteiger partial charge in [0.05, 0.1) is 13.7 Å². The Labute approximate surface area is 113 Å². The molecule has 0 radical (unpaired) electrons. The van der Waals surface area contributed by atoms with Gasteiger partial charge in [-0.15, -0.1) is 0 Å². The Morgan fingerprint density at radius 1 is 1.22 bits per heavy atom. The molecule has 4 heteroatoms. The first-order valence-corrected chi connectivity index (χ1v) is 9.37. The molecule has 0 heterocycles. The summed E-state index contributed by atoms with van der Waals surface area (Å²) in [6.07, 6.45) is 3.26. The molecule has 0 amide bonds. The van der Waals surface area contributed by atoms with Crippen LogP contribution in [0.25, 0.3) is 0 Å². The summed E-state index contributed by atoms with van der Waals surface area (Å²) in [5, 5.41) is 0.237. The molecule has 0 rings (SSSR count). The third-order valence-corrected chi connectivity index (χ3v) is 8.13. The molecule has 0 fully saturated rings. The molecule has 0 aliphatic heterocycles. The van der Waals surface area contributed by atoms with Gasteiger partial charge in [-0.1, -0.05) is 32.4 Å². The van der Waals surface area contributed by atoms with Crippen LogP contribution in [0.5, 0.6) is 0 Å². The lowest BCUT2D eigenvalue weighted by Crippen LogP contribution is -2.40. The van der Waals surface area contributed by atoms with Crippen LogP contribution < -0.4 is 0 Å². The first-order valence-electron chi connectivity index (χ1n) is 6.46. The highest BCUT2D eigenvalue weighted by atomic mass is 28.4. The Balaban J connectivity index is 4.12. The van der Waals surface area contributed by atoms with Crippen molar-refractivity contribution in [3.05, 3.63) is 11.6 Å². The van der Waals surface area contributed by atoms with Gasteiger partial charge >= 0.3 is 5.97 Å². The van der Waals surface area contributed by atoms with Gasteiger partial charge in [-0.2, -0.15) is 0 Å². The van der Waals surface area contributed by atoms with Crippen LogP contribution in [0, 0.1) is 0 Å². The van der Waals surface area contributed by atoms with E-state index < -0.39 is 8.32 Å². The topological polar surface area (TPSA) is 35.5 Å². The molecular formula is C14H28O3Si. The van der Waals surface area contributed by atoms with E-state index in [4.69, 9.17) is 4.43 Å². The summed E-state index contributed by atoms with van der Waals surface area (Å²) in [5.74, 6) is -0.159. The van der Waals surface area contributed by atoms with E-state index in [-0.39, 0.29) is 11.0 Å². The normalized spacial score (nSPS) is 13.6. The van der Waals surface area contributed by atoms with Crippen molar-refractivity contribution in [3.8, 4) is 0 Å². The van der Waals surface area contributed by atoms with Crippen molar-refractivity contribution in [2.45, 2.75) is 58.7 Å². The van der Waals surface area contributed by atoms with Gasteiger partial charge in [0.15, 0.2) is 8.32 Å². The van der Waals surface area contributed by atoms with Crippen LogP contribution in [0.3, 0.4) is 0 Å². The zero-order chi connectivity index (χ0) is 14.4. The van der Waals surface area contributed by atoms with E-state index in [1.54, 1.807) is 0 Å². The largest absolute Gasteiger partial charge is 0.469 e. The number of carbonyl (C=O) groups excluding carboxylic acids is 1. The minimum atomic E-state index is -1.66. The van der Waals surface area contributed by atoms with Crippen molar-refractivity contribution >= 4 is 14.3 Å². The third-order valence-electron chi connectivity index (χ3n) is 3.63. The second-order valence-electron chi connectivity index (χ2n) is 6.20. The first kappa shape index (κ1) is 17.4. The van der Waals surface area contributed by atoms with Gasteiger partial charge in [0.25, 0.3) is 0 Å². The molecule has 0 saturated carbocycles. The molecule has 0 aliphatic carbocycles. The van der Waals surface area contributed by atoms with Crippen LogP contribution in [0.4, 0.5) is 0 Å². The highest BCUT2D eigenvalue weighted by Crippen LogP contribution is 2.36. The lowest BCUT2D eigenvalue weighted by molar-refractivity contribution is -0.140. The molecule has 0 aromatic carbocycles. The van der Waals surface area contributed by atoms with E-state index in [9.17, 15) is 4.79 Å². The fraction of sp³-hybridized carbons (Fsp3) is 0.786. The standard InChI is InChI=1S/C14H28O3Si/c1-12(8-9-13(15)16-5)10-11-17-18(6,7)14(2,3)4/h10H,8-9,11H2,1-7H3/b12-10+. The quantitative estimate of drug-likeness (QED) is 0.418. The average Bonchev–Trinajstić information content (AvgIpc) is 2.24. The maximum Gasteiger partial charge on any atom is 0.305 e. The zero-order valence-corrected chi connectivity index (χ0v) is 13.9. The highest BCUT2D eigenvalue weighted by molar-refractivity contribution is 6.74. The summed E-state index contributed by atoms with van der Waals surface area (Å²) >= 11 is 0. The molecule has 18 heavy (non-hydrogen) atoms. The number of carbonyl (C=O) groups is 1. The SMILES string of the molecule is COC(=O)CC/C(C)=C/CO[Si](C)(C)C(C)(C)C. The summed E-state index contributed by atoms with van der Waals surface area (Å²) in [5.41, 5.74) is 1.18. The molecule has 0 spiro atoms. The monoisotopic (exact) mass is 272 g/mol. The maximum atomic E-state index is 11.0. The second kappa shape index (κ2) is 7.09. The minimum absolute atomic E-state index is 0.159. The van der Waals surface area contributed by atoms with Crippen LogP contribution in [-0.4, -0.2) is 28.0 Å². The fourth-order valence-corrected chi connectivity index (χ4v) is 2.05. The predicted octanol–water partition coefficient (Wildman–Crippen LogP) is 3.91. The molecule has 0 unspecified atom stereocenters. The van der Waals surface area contributed by atoms with E-state index in [1.165, 1.54) is 12.7 Å². The van der Waals surface area contributed by atoms with E-state index in [0.717, 1.165) is 6.42 Å². The van der Waals surface area contributed by atoms with E-state index in [1.807, 2.05) is 6.92 Å². The Morgan fingerprint density at radius 2 is 1.78 bits per heavy atom. The zero-order valence-electron chi connectivity index (χ0n) is 12.9. The number of esters is 1. The second-order valence-corrected chi connectivity index (χ2v) is 11.0. The Bertz CT molecular complexity index is 301. The molecule has 3 nitrogen and oxygen atoms in total. The third kappa shape index (κ3) is 6.35. The van der Waals surface area contributed by atoms with Crippen molar-refractivity contribution in [1.82, 2.24) is 0 Å². The Kier molecular flexibility index (Phi) is 6.85.